The fraction of sp³-hybridized carbons (Fsp3) is 0.917. The third-order valence-corrected chi connectivity index (χ3v) is 3.58. The van der Waals surface area contributed by atoms with Crippen LogP contribution in [0.1, 0.15) is 40.0 Å². The second kappa shape index (κ2) is 3.91. The van der Waals surface area contributed by atoms with E-state index in [2.05, 4.69) is 0 Å². The summed E-state index contributed by atoms with van der Waals surface area (Å²) in [6.07, 6.45) is 3.22. The standard InChI is InChI=1S/C12H22N2O2/c1-12(2,3)16-11(15)14-9(7-13)6-8-4-5-10(8)14/h8-10H,4-7,13H2,1-3H3/t8?,9-,10?/m0/s1. The molecular formula is C12H22N2O2. The van der Waals surface area contributed by atoms with E-state index in [0.717, 1.165) is 12.8 Å². The molecule has 0 aromatic rings. The molecule has 0 aromatic heterocycles. The van der Waals surface area contributed by atoms with E-state index >= 15 is 0 Å². The lowest BCUT2D eigenvalue weighted by Crippen LogP contribution is -2.49. The van der Waals surface area contributed by atoms with Crippen LogP contribution in [0.4, 0.5) is 4.79 Å². The highest BCUT2D eigenvalue weighted by Crippen LogP contribution is 2.43. The van der Waals surface area contributed by atoms with Gasteiger partial charge in [0.15, 0.2) is 0 Å². The molecule has 1 amide bonds. The molecule has 3 atom stereocenters. The molecule has 0 radical (unpaired) electrons. The predicted octanol–water partition coefficient (Wildman–Crippen LogP) is 1.73. The van der Waals surface area contributed by atoms with Crippen molar-refractivity contribution in [2.24, 2.45) is 11.7 Å². The SMILES string of the molecule is CC(C)(C)OC(=O)N1C2CCC2C[C@H]1CN. The molecule has 2 fully saturated rings. The van der Waals surface area contributed by atoms with Crippen molar-refractivity contribution in [1.82, 2.24) is 4.90 Å². The first-order valence-electron chi connectivity index (χ1n) is 6.14. The number of rotatable bonds is 1. The second-order valence-corrected chi connectivity index (χ2v) is 5.92. The number of nitrogens with two attached hydrogens (primary N) is 1. The number of hydrogen-bond acceptors (Lipinski definition) is 3. The molecule has 1 saturated heterocycles. The maximum atomic E-state index is 12.1. The Balaban J connectivity index is 2.04. The van der Waals surface area contributed by atoms with Gasteiger partial charge in [-0.05, 0) is 46.0 Å². The molecule has 4 nitrogen and oxygen atoms in total. The predicted molar refractivity (Wildman–Crippen MR) is 62.0 cm³/mol. The third-order valence-electron chi connectivity index (χ3n) is 3.58. The van der Waals surface area contributed by atoms with E-state index in [1.807, 2.05) is 25.7 Å². The van der Waals surface area contributed by atoms with Crippen molar-refractivity contribution < 1.29 is 9.53 Å². The van der Waals surface area contributed by atoms with Gasteiger partial charge in [-0.1, -0.05) is 0 Å². The first-order valence-corrected chi connectivity index (χ1v) is 6.14. The van der Waals surface area contributed by atoms with Gasteiger partial charge in [-0.25, -0.2) is 4.79 Å². The van der Waals surface area contributed by atoms with E-state index in [-0.39, 0.29) is 12.1 Å². The molecule has 16 heavy (non-hydrogen) atoms. The van der Waals surface area contributed by atoms with Gasteiger partial charge in [0, 0.05) is 18.6 Å². The van der Waals surface area contributed by atoms with Crippen LogP contribution in [-0.2, 0) is 4.74 Å². The van der Waals surface area contributed by atoms with Gasteiger partial charge < -0.3 is 15.4 Å². The molecule has 0 spiro atoms. The number of nitrogens with zero attached hydrogens (tertiary/aromatic N) is 1. The minimum atomic E-state index is -0.419. The molecule has 1 aliphatic carbocycles. The molecule has 92 valence electrons. The first-order chi connectivity index (χ1) is 7.42. The van der Waals surface area contributed by atoms with Crippen LogP contribution in [0.5, 0.6) is 0 Å². The zero-order chi connectivity index (χ0) is 11.9. The summed E-state index contributed by atoms with van der Waals surface area (Å²) in [5.74, 6) is 0.668. The Hall–Kier alpha value is -0.770. The Labute approximate surface area is 97.1 Å². The topological polar surface area (TPSA) is 55.6 Å². The lowest BCUT2D eigenvalue weighted by Gasteiger charge is -2.37. The maximum Gasteiger partial charge on any atom is 0.410 e. The van der Waals surface area contributed by atoms with Crippen LogP contribution >= 0.6 is 0 Å². The van der Waals surface area contributed by atoms with Crippen LogP contribution in [0.15, 0.2) is 0 Å². The number of likely N-dealkylation sites (tertiary alicyclic amines) is 1. The Morgan fingerprint density at radius 1 is 1.44 bits per heavy atom. The van der Waals surface area contributed by atoms with Crippen molar-refractivity contribution in [2.45, 2.75) is 57.7 Å². The van der Waals surface area contributed by atoms with Crippen molar-refractivity contribution >= 4 is 6.09 Å². The summed E-state index contributed by atoms with van der Waals surface area (Å²) in [6.45, 7) is 6.25. The molecule has 2 unspecified atom stereocenters. The van der Waals surface area contributed by atoms with Crippen molar-refractivity contribution in [1.29, 1.82) is 0 Å². The molecule has 2 aliphatic rings. The summed E-state index contributed by atoms with van der Waals surface area (Å²) in [6, 6.07) is 0.579. The molecule has 1 saturated carbocycles. The summed E-state index contributed by atoms with van der Waals surface area (Å²) in [4.78, 5) is 14.0. The monoisotopic (exact) mass is 226 g/mol. The van der Waals surface area contributed by atoms with E-state index in [0.29, 0.717) is 18.5 Å². The largest absolute Gasteiger partial charge is 0.444 e. The fourth-order valence-electron chi connectivity index (χ4n) is 2.74. The van der Waals surface area contributed by atoms with Gasteiger partial charge in [0.25, 0.3) is 0 Å². The van der Waals surface area contributed by atoms with Crippen LogP contribution in [0.25, 0.3) is 0 Å². The average molecular weight is 226 g/mol. The zero-order valence-corrected chi connectivity index (χ0v) is 10.4. The maximum absolute atomic E-state index is 12.1. The van der Waals surface area contributed by atoms with Crippen molar-refractivity contribution in [3.05, 3.63) is 0 Å². The minimum absolute atomic E-state index is 0.185. The van der Waals surface area contributed by atoms with Crippen molar-refractivity contribution in [2.75, 3.05) is 6.54 Å². The number of carbonyl (C=O) groups is 1. The summed E-state index contributed by atoms with van der Waals surface area (Å²) in [7, 11) is 0. The van der Waals surface area contributed by atoms with E-state index < -0.39 is 5.60 Å². The van der Waals surface area contributed by atoms with Crippen molar-refractivity contribution in [3.8, 4) is 0 Å². The number of ether oxygens (including phenoxy) is 1. The quantitative estimate of drug-likeness (QED) is 0.741. The summed E-state index contributed by atoms with van der Waals surface area (Å²) in [5, 5.41) is 0. The molecule has 4 heteroatoms. The van der Waals surface area contributed by atoms with Crippen LogP contribution < -0.4 is 5.73 Å². The van der Waals surface area contributed by atoms with E-state index in [1.54, 1.807) is 0 Å². The minimum Gasteiger partial charge on any atom is -0.444 e. The normalized spacial score (nSPS) is 33.2. The highest BCUT2D eigenvalue weighted by Gasteiger charge is 2.49. The summed E-state index contributed by atoms with van der Waals surface area (Å²) in [5.41, 5.74) is 5.31. The molecule has 0 aromatic carbocycles. The molecule has 1 aliphatic heterocycles. The lowest BCUT2D eigenvalue weighted by molar-refractivity contribution is 0.00633. The van der Waals surface area contributed by atoms with Gasteiger partial charge in [-0.15, -0.1) is 0 Å². The number of carbonyl (C=O) groups excluding carboxylic acids is 1. The highest BCUT2D eigenvalue weighted by molar-refractivity contribution is 5.70. The number of amides is 1. The smallest absolute Gasteiger partial charge is 0.410 e. The first kappa shape index (κ1) is 11.7. The van der Waals surface area contributed by atoms with Gasteiger partial charge in [-0.2, -0.15) is 0 Å². The van der Waals surface area contributed by atoms with Gasteiger partial charge in [0.05, 0.1) is 0 Å². The number of hydrogen-bond donors (Lipinski definition) is 1. The molecular weight excluding hydrogens is 204 g/mol. The van der Waals surface area contributed by atoms with Gasteiger partial charge in [0.2, 0.25) is 0 Å². The Kier molecular flexibility index (Phi) is 2.86. The second-order valence-electron chi connectivity index (χ2n) is 5.92. The molecule has 2 rings (SSSR count). The third kappa shape index (κ3) is 2.03. The van der Waals surface area contributed by atoms with Gasteiger partial charge in [0.1, 0.15) is 5.60 Å². The highest BCUT2D eigenvalue weighted by atomic mass is 16.6. The van der Waals surface area contributed by atoms with Crippen LogP contribution in [-0.4, -0.2) is 35.2 Å². The van der Waals surface area contributed by atoms with E-state index in [4.69, 9.17) is 10.5 Å². The Bertz CT molecular complexity index is 285. The van der Waals surface area contributed by atoms with E-state index in [9.17, 15) is 4.79 Å². The summed E-state index contributed by atoms with van der Waals surface area (Å²) < 4.78 is 5.44. The summed E-state index contributed by atoms with van der Waals surface area (Å²) >= 11 is 0. The number of fused-ring (bicyclic) bond motifs is 1. The lowest BCUT2D eigenvalue weighted by atomic mass is 9.80. The van der Waals surface area contributed by atoms with Crippen LogP contribution in [0, 0.1) is 5.92 Å². The van der Waals surface area contributed by atoms with E-state index in [1.165, 1.54) is 6.42 Å². The van der Waals surface area contributed by atoms with Crippen molar-refractivity contribution in [3.63, 3.8) is 0 Å². The molecule has 1 heterocycles. The Morgan fingerprint density at radius 2 is 2.12 bits per heavy atom. The fourth-order valence-corrected chi connectivity index (χ4v) is 2.74. The van der Waals surface area contributed by atoms with Crippen LogP contribution in [0.3, 0.4) is 0 Å². The van der Waals surface area contributed by atoms with Gasteiger partial charge >= 0.3 is 6.09 Å². The Morgan fingerprint density at radius 3 is 2.56 bits per heavy atom. The van der Waals surface area contributed by atoms with Gasteiger partial charge in [-0.3, -0.25) is 0 Å². The zero-order valence-electron chi connectivity index (χ0n) is 10.4. The van der Waals surface area contributed by atoms with Crippen LogP contribution in [0.2, 0.25) is 0 Å². The molecule has 0 bridgehead atoms. The molecule has 2 N–H and O–H groups in total. The average Bonchev–Trinajstić information content (AvgIpc) is 2.35.